The van der Waals surface area contributed by atoms with Crippen LogP contribution in [0.2, 0.25) is 5.82 Å². The number of hydrogen-bond donors (Lipinski definition) is 1. The fourth-order valence-corrected chi connectivity index (χ4v) is 1.16. The zero-order chi connectivity index (χ0) is 10.4. The molecule has 1 N–H and O–H groups in total. The first-order chi connectivity index (χ1) is 5.91. The predicted molar refractivity (Wildman–Crippen MR) is 56.8 cm³/mol. The maximum Gasteiger partial charge on any atom is 0.407 e. The molecule has 0 heterocycles. The van der Waals surface area contributed by atoms with Crippen molar-refractivity contribution in [2.75, 3.05) is 0 Å². The summed E-state index contributed by atoms with van der Waals surface area (Å²) in [5, 5.41) is 2.69. The van der Waals surface area contributed by atoms with Crippen LogP contribution in [0.1, 0.15) is 34.1 Å². The highest BCUT2D eigenvalue weighted by molar-refractivity contribution is 6.11. The smallest absolute Gasteiger partial charge is 0.407 e. The Morgan fingerprint density at radius 1 is 1.38 bits per heavy atom. The van der Waals surface area contributed by atoms with E-state index in [1.165, 1.54) is 0 Å². The highest BCUT2D eigenvalue weighted by atomic mass is 16.6. The van der Waals surface area contributed by atoms with Gasteiger partial charge in [-0.2, -0.15) is 0 Å². The van der Waals surface area contributed by atoms with E-state index >= 15 is 0 Å². The van der Waals surface area contributed by atoms with Gasteiger partial charge in [0.25, 0.3) is 0 Å². The summed E-state index contributed by atoms with van der Waals surface area (Å²) >= 11 is 0. The summed E-state index contributed by atoms with van der Waals surface area (Å²) in [5.74, 6) is 0.557. The Morgan fingerprint density at radius 2 is 1.92 bits per heavy atom. The van der Waals surface area contributed by atoms with Gasteiger partial charge in [0.05, 0.1) is 0 Å². The Balaban J connectivity index is 3.65. The monoisotopic (exact) mass is 185 g/mol. The molecule has 4 heteroatoms. The van der Waals surface area contributed by atoms with Gasteiger partial charge in [0.1, 0.15) is 14.0 Å². The lowest BCUT2D eigenvalue weighted by Crippen LogP contribution is -2.33. The summed E-state index contributed by atoms with van der Waals surface area (Å²) in [5.41, 5.74) is 0. The molecular weight excluding hydrogens is 165 g/mol. The van der Waals surface area contributed by atoms with Gasteiger partial charge in [-0.05, 0) is 27.2 Å². The molecule has 13 heavy (non-hydrogen) atoms. The molecule has 0 aliphatic carbocycles. The fourth-order valence-electron chi connectivity index (χ4n) is 1.16. The molecule has 1 amide bonds. The Hall–Kier alpha value is -0.665. The molecule has 0 spiro atoms. The van der Waals surface area contributed by atoms with Crippen LogP contribution < -0.4 is 5.32 Å². The van der Waals surface area contributed by atoms with Gasteiger partial charge in [-0.1, -0.05) is 12.7 Å². The van der Waals surface area contributed by atoms with Crippen LogP contribution >= 0.6 is 0 Å². The van der Waals surface area contributed by atoms with Crippen LogP contribution in [0.15, 0.2) is 0 Å². The number of carbonyl (C=O) groups excluding carboxylic acids is 1. The standard InChI is InChI=1S/C9H20BNO2/c1-6(2)11-9(12)13-8(4)5-7(3)10/h6-8H,5,10H2,1-4H3,(H,11,12). The van der Waals surface area contributed by atoms with Crippen molar-refractivity contribution in [1.29, 1.82) is 0 Å². The average molecular weight is 185 g/mol. The quantitative estimate of drug-likeness (QED) is 0.671. The fraction of sp³-hybridized carbons (Fsp3) is 0.889. The van der Waals surface area contributed by atoms with Gasteiger partial charge in [-0.3, -0.25) is 0 Å². The van der Waals surface area contributed by atoms with E-state index in [1.807, 2.05) is 20.8 Å². The minimum Gasteiger partial charge on any atom is -0.447 e. The zero-order valence-corrected chi connectivity index (χ0v) is 9.26. The van der Waals surface area contributed by atoms with E-state index in [2.05, 4.69) is 20.1 Å². The highest BCUT2D eigenvalue weighted by Crippen LogP contribution is 2.09. The van der Waals surface area contributed by atoms with E-state index in [1.54, 1.807) is 0 Å². The Labute approximate surface area is 81.6 Å². The van der Waals surface area contributed by atoms with Crippen molar-refractivity contribution < 1.29 is 9.53 Å². The van der Waals surface area contributed by atoms with Crippen molar-refractivity contribution in [3.8, 4) is 0 Å². The van der Waals surface area contributed by atoms with Gasteiger partial charge in [-0.25, -0.2) is 4.79 Å². The molecule has 0 saturated carbocycles. The molecule has 0 fully saturated rings. The summed E-state index contributed by atoms with van der Waals surface area (Å²) in [6.07, 6.45) is 0.591. The van der Waals surface area contributed by atoms with Crippen LogP contribution in [0.4, 0.5) is 4.79 Å². The van der Waals surface area contributed by atoms with Crippen molar-refractivity contribution in [1.82, 2.24) is 5.32 Å². The average Bonchev–Trinajstić information content (AvgIpc) is 1.80. The molecule has 76 valence electrons. The maximum absolute atomic E-state index is 11.1. The van der Waals surface area contributed by atoms with Gasteiger partial charge in [0.2, 0.25) is 0 Å². The van der Waals surface area contributed by atoms with E-state index in [0.29, 0.717) is 5.82 Å². The third-order valence-electron chi connectivity index (χ3n) is 1.52. The lowest BCUT2D eigenvalue weighted by Gasteiger charge is -2.16. The van der Waals surface area contributed by atoms with Crippen molar-refractivity contribution in [2.24, 2.45) is 0 Å². The lowest BCUT2D eigenvalue weighted by molar-refractivity contribution is 0.1000. The normalized spacial score (nSPS) is 15.2. The van der Waals surface area contributed by atoms with Gasteiger partial charge in [0, 0.05) is 6.04 Å². The number of ether oxygens (including phenoxy) is 1. The predicted octanol–water partition coefficient (Wildman–Crippen LogP) is 1.34. The first-order valence-electron chi connectivity index (χ1n) is 4.89. The number of rotatable bonds is 4. The van der Waals surface area contributed by atoms with Gasteiger partial charge in [-0.15, -0.1) is 0 Å². The van der Waals surface area contributed by atoms with Crippen LogP contribution in [-0.2, 0) is 4.74 Å². The van der Waals surface area contributed by atoms with Crippen LogP contribution in [0.25, 0.3) is 0 Å². The topological polar surface area (TPSA) is 38.3 Å². The molecular formula is C9H20BNO2. The molecule has 0 aromatic carbocycles. The third-order valence-corrected chi connectivity index (χ3v) is 1.52. The van der Waals surface area contributed by atoms with Crippen molar-refractivity contribution in [3.63, 3.8) is 0 Å². The van der Waals surface area contributed by atoms with Crippen LogP contribution in [0, 0.1) is 0 Å². The molecule has 2 unspecified atom stereocenters. The summed E-state index contributed by atoms with van der Waals surface area (Å²) in [4.78, 5) is 11.1. The lowest BCUT2D eigenvalue weighted by atomic mass is 9.85. The number of carbonyl (C=O) groups is 1. The van der Waals surface area contributed by atoms with Gasteiger partial charge >= 0.3 is 6.09 Å². The number of alkyl carbamates (subject to hydrolysis) is 1. The summed E-state index contributed by atoms with van der Waals surface area (Å²) in [6, 6.07) is 0.138. The molecule has 0 bridgehead atoms. The Kier molecular flexibility index (Phi) is 5.59. The Morgan fingerprint density at radius 3 is 2.31 bits per heavy atom. The SMILES string of the molecule is BC(C)CC(C)OC(=O)NC(C)C. The second kappa shape index (κ2) is 5.89. The maximum atomic E-state index is 11.1. The van der Waals surface area contributed by atoms with Crippen LogP contribution in [-0.4, -0.2) is 26.1 Å². The highest BCUT2D eigenvalue weighted by Gasteiger charge is 2.11. The van der Waals surface area contributed by atoms with Gasteiger partial charge in [0.15, 0.2) is 0 Å². The largest absolute Gasteiger partial charge is 0.447 e. The van der Waals surface area contributed by atoms with E-state index in [9.17, 15) is 4.79 Å². The molecule has 0 rings (SSSR count). The molecule has 0 saturated heterocycles. The van der Waals surface area contributed by atoms with Crippen molar-refractivity contribution in [3.05, 3.63) is 0 Å². The molecule has 0 radical (unpaired) electrons. The van der Waals surface area contributed by atoms with Crippen molar-refractivity contribution in [2.45, 2.75) is 52.1 Å². The van der Waals surface area contributed by atoms with E-state index < -0.39 is 0 Å². The molecule has 0 aliphatic rings. The molecule has 3 nitrogen and oxygen atoms in total. The second-order valence-corrected chi connectivity index (χ2v) is 4.14. The first-order valence-corrected chi connectivity index (χ1v) is 4.89. The van der Waals surface area contributed by atoms with Crippen LogP contribution in [0.3, 0.4) is 0 Å². The van der Waals surface area contributed by atoms with E-state index in [0.717, 1.165) is 6.42 Å². The zero-order valence-electron chi connectivity index (χ0n) is 9.26. The minimum absolute atomic E-state index is 0.00116. The van der Waals surface area contributed by atoms with E-state index in [4.69, 9.17) is 4.74 Å². The Bertz CT molecular complexity index is 160. The molecule has 0 aromatic heterocycles. The van der Waals surface area contributed by atoms with Crippen molar-refractivity contribution >= 4 is 13.9 Å². The first kappa shape index (κ1) is 12.3. The summed E-state index contributed by atoms with van der Waals surface area (Å²) < 4.78 is 5.12. The van der Waals surface area contributed by atoms with Crippen LogP contribution in [0.5, 0.6) is 0 Å². The summed E-state index contributed by atoms with van der Waals surface area (Å²) in [7, 11) is 2.11. The number of nitrogens with one attached hydrogen (secondary N) is 1. The summed E-state index contributed by atoms with van der Waals surface area (Å²) in [6.45, 7) is 7.85. The van der Waals surface area contributed by atoms with Gasteiger partial charge < -0.3 is 10.1 Å². The van der Waals surface area contributed by atoms with E-state index in [-0.39, 0.29) is 18.2 Å². The number of hydrogen-bond acceptors (Lipinski definition) is 2. The molecule has 2 atom stereocenters. The number of amides is 1. The molecule has 0 aromatic rings. The minimum atomic E-state index is -0.317. The molecule has 0 aliphatic heterocycles. The second-order valence-electron chi connectivity index (χ2n) is 4.14. The third kappa shape index (κ3) is 7.69.